The average molecular weight is 375 g/mol. The van der Waals surface area contributed by atoms with Crippen molar-refractivity contribution in [2.24, 2.45) is 0 Å². The van der Waals surface area contributed by atoms with Gasteiger partial charge in [-0.2, -0.15) is 0 Å². The third kappa shape index (κ3) is 2.98. The summed E-state index contributed by atoms with van der Waals surface area (Å²) in [6.45, 7) is 2.71. The number of hydrogen-bond donors (Lipinski definition) is 1. The molecule has 0 bridgehead atoms. The zero-order valence-corrected chi connectivity index (χ0v) is 15.5. The predicted molar refractivity (Wildman–Crippen MR) is 103 cm³/mol. The van der Waals surface area contributed by atoms with Gasteiger partial charge in [-0.1, -0.05) is 30.0 Å². The van der Waals surface area contributed by atoms with E-state index in [0.717, 1.165) is 24.1 Å². The first-order valence-corrected chi connectivity index (χ1v) is 9.78. The molecule has 0 atom stereocenters. The molecule has 0 spiro atoms. The Morgan fingerprint density at radius 3 is 2.71 bits per heavy atom. The molecule has 5 nitrogen and oxygen atoms in total. The molecule has 2 aliphatic rings. The number of likely N-dealkylation sites (tertiary alicyclic amines) is 1. The van der Waals surface area contributed by atoms with E-state index in [-0.39, 0.29) is 17.3 Å². The van der Waals surface area contributed by atoms with Crippen LogP contribution >= 0.6 is 0 Å². The minimum Gasteiger partial charge on any atom is -0.872 e. The van der Waals surface area contributed by atoms with Crippen molar-refractivity contribution in [1.82, 2.24) is 0 Å². The van der Waals surface area contributed by atoms with Crippen molar-refractivity contribution >= 4 is 22.8 Å². The zero-order valence-electron chi connectivity index (χ0n) is 15.5. The Morgan fingerprint density at radius 1 is 1.07 bits per heavy atom. The number of hydrogen-bond acceptors (Lipinski definition) is 4. The second-order valence-electron chi connectivity index (χ2n) is 7.53. The number of allylic oxidation sites excluding steroid dienone is 1. The maximum Gasteiger partial charge on any atom is 0.232 e. The molecule has 28 heavy (non-hydrogen) atoms. The van der Waals surface area contributed by atoms with Crippen LogP contribution in [0.25, 0.3) is 17.0 Å². The van der Waals surface area contributed by atoms with Crippen LogP contribution < -0.4 is 14.7 Å². The van der Waals surface area contributed by atoms with Gasteiger partial charge in [-0.25, -0.2) is 0 Å². The second kappa shape index (κ2) is 6.84. The van der Waals surface area contributed by atoms with Gasteiger partial charge in [-0.15, -0.1) is 0 Å². The number of fused-ring (bicyclic) bond motifs is 2. The van der Waals surface area contributed by atoms with Crippen molar-refractivity contribution in [3.8, 4) is 11.5 Å². The first kappa shape index (κ1) is 17.1. The predicted octanol–water partition coefficient (Wildman–Crippen LogP) is 2.69. The number of carbonyl (C=O) groups excluding carboxylic acids is 1. The molecule has 1 N–H and O–H groups in total. The summed E-state index contributed by atoms with van der Waals surface area (Å²) >= 11 is 0. The van der Waals surface area contributed by atoms with E-state index < -0.39 is 0 Å². The van der Waals surface area contributed by atoms with E-state index >= 15 is 0 Å². The quantitative estimate of drug-likeness (QED) is 0.715. The van der Waals surface area contributed by atoms with Gasteiger partial charge < -0.3 is 19.2 Å². The van der Waals surface area contributed by atoms with Gasteiger partial charge in [0.25, 0.3) is 0 Å². The molecular formula is C23H21NO4. The molecule has 0 unspecified atom stereocenters. The maximum atomic E-state index is 12.8. The summed E-state index contributed by atoms with van der Waals surface area (Å²) in [6.07, 6.45) is 5.22. The molecule has 5 heteroatoms. The van der Waals surface area contributed by atoms with Crippen LogP contribution in [0.2, 0.25) is 0 Å². The smallest absolute Gasteiger partial charge is 0.232 e. The van der Waals surface area contributed by atoms with Crippen molar-refractivity contribution in [3.63, 3.8) is 0 Å². The van der Waals surface area contributed by atoms with Crippen molar-refractivity contribution in [2.75, 3.05) is 13.1 Å². The van der Waals surface area contributed by atoms with E-state index in [4.69, 9.17) is 9.15 Å². The largest absolute Gasteiger partial charge is 0.872 e. The van der Waals surface area contributed by atoms with Crippen LogP contribution in [-0.4, -0.2) is 18.9 Å². The number of carbonyl (C=O) groups is 1. The summed E-state index contributed by atoms with van der Waals surface area (Å²) in [4.78, 5) is 14.2. The lowest BCUT2D eigenvalue weighted by atomic mass is 10.0. The number of piperidine rings is 1. The Balaban J connectivity index is 1.48. The van der Waals surface area contributed by atoms with E-state index in [1.807, 2.05) is 30.3 Å². The monoisotopic (exact) mass is 375 g/mol. The highest BCUT2D eigenvalue weighted by atomic mass is 16.5. The number of quaternary nitrogens is 1. The molecule has 142 valence electrons. The van der Waals surface area contributed by atoms with Gasteiger partial charge in [-0.05, 0) is 37.5 Å². The molecule has 0 aliphatic carbocycles. The van der Waals surface area contributed by atoms with E-state index in [0.29, 0.717) is 29.2 Å². The van der Waals surface area contributed by atoms with Crippen molar-refractivity contribution in [2.45, 2.75) is 25.8 Å². The lowest BCUT2D eigenvalue weighted by Crippen LogP contribution is -3.11. The van der Waals surface area contributed by atoms with Crippen LogP contribution in [0.3, 0.4) is 0 Å². The second-order valence-corrected chi connectivity index (χ2v) is 7.53. The Labute approximate surface area is 162 Å². The molecule has 5 rings (SSSR count). The minimum atomic E-state index is -0.203. The number of Topliss-reactive ketones (excluding diaryl/α,β-unsaturated/α-hetero) is 1. The number of para-hydroxylation sites is 1. The van der Waals surface area contributed by atoms with Crippen molar-refractivity contribution in [1.29, 1.82) is 0 Å². The summed E-state index contributed by atoms with van der Waals surface area (Å²) in [7, 11) is 0. The maximum absolute atomic E-state index is 12.8. The fourth-order valence-corrected chi connectivity index (χ4v) is 4.14. The highest BCUT2D eigenvalue weighted by molar-refractivity contribution is 6.14. The Kier molecular flexibility index (Phi) is 4.17. The van der Waals surface area contributed by atoms with Gasteiger partial charge in [0.1, 0.15) is 23.6 Å². The van der Waals surface area contributed by atoms with Crippen LogP contribution in [0.15, 0.2) is 52.6 Å². The first-order valence-electron chi connectivity index (χ1n) is 9.78. The Bertz CT molecular complexity index is 1060. The summed E-state index contributed by atoms with van der Waals surface area (Å²) in [6, 6.07) is 12.6. The molecule has 3 heterocycles. The molecular weight excluding hydrogens is 354 g/mol. The number of benzene rings is 2. The zero-order chi connectivity index (χ0) is 19.1. The number of ketones is 1. The Morgan fingerprint density at radius 2 is 1.89 bits per heavy atom. The van der Waals surface area contributed by atoms with Crippen LogP contribution in [0.5, 0.6) is 11.5 Å². The van der Waals surface area contributed by atoms with Gasteiger partial charge >= 0.3 is 0 Å². The van der Waals surface area contributed by atoms with Crippen LogP contribution in [0, 0.1) is 0 Å². The highest BCUT2D eigenvalue weighted by Crippen LogP contribution is 2.38. The lowest BCUT2D eigenvalue weighted by Gasteiger charge is -2.26. The van der Waals surface area contributed by atoms with Gasteiger partial charge in [0.2, 0.25) is 5.78 Å². The van der Waals surface area contributed by atoms with Crippen LogP contribution in [-0.2, 0) is 6.54 Å². The molecule has 3 aromatic rings. The number of furan rings is 1. The van der Waals surface area contributed by atoms with Gasteiger partial charge in [-0.3, -0.25) is 4.79 Å². The minimum absolute atomic E-state index is 0.0605. The summed E-state index contributed by atoms with van der Waals surface area (Å²) < 4.78 is 11.7. The molecule has 0 amide bonds. The van der Waals surface area contributed by atoms with Gasteiger partial charge in [0.15, 0.2) is 5.76 Å². The average Bonchev–Trinajstić information content (AvgIpc) is 3.26. The molecule has 1 saturated heterocycles. The lowest BCUT2D eigenvalue weighted by molar-refractivity contribution is -0.918. The van der Waals surface area contributed by atoms with E-state index in [1.165, 1.54) is 30.2 Å². The fourth-order valence-electron chi connectivity index (χ4n) is 4.14. The summed E-state index contributed by atoms with van der Waals surface area (Å²) in [5, 5.41) is 13.5. The normalized spacial score (nSPS) is 18.6. The topological polar surface area (TPSA) is 66.9 Å². The van der Waals surface area contributed by atoms with Crippen LogP contribution in [0.4, 0.5) is 0 Å². The summed E-state index contributed by atoms with van der Waals surface area (Å²) in [5.41, 5.74) is 1.83. The third-order valence-corrected chi connectivity index (χ3v) is 5.60. The Hall–Kier alpha value is -3.05. The van der Waals surface area contributed by atoms with Gasteiger partial charge in [0.05, 0.1) is 18.7 Å². The third-order valence-electron chi connectivity index (χ3n) is 5.60. The number of nitrogens with one attached hydrogen (secondary N) is 1. The number of rotatable bonds is 3. The van der Waals surface area contributed by atoms with Crippen molar-refractivity contribution in [3.05, 3.63) is 65.1 Å². The van der Waals surface area contributed by atoms with E-state index in [2.05, 4.69) is 0 Å². The standard InChI is InChI=1S/C23H21NO4/c25-19-9-8-17-22(26)21(13-16-12-15-6-2-3-7-20(15)27-16)28-23(17)18(19)14-24-10-4-1-5-11-24/h2-3,6-9,12-13,25H,1,4-5,10-11,14H2/b21-13-. The van der Waals surface area contributed by atoms with Crippen LogP contribution in [0.1, 0.15) is 40.9 Å². The molecule has 0 saturated carbocycles. The SMILES string of the molecule is O=C1/C(=C/c2cc3ccccc3o2)Oc2c1ccc([O-])c2C[NH+]1CCCCC1. The van der Waals surface area contributed by atoms with Gasteiger partial charge in [0, 0.05) is 17.0 Å². The fraction of sp³-hybridized carbons (Fsp3) is 0.261. The van der Waals surface area contributed by atoms with E-state index in [9.17, 15) is 9.90 Å². The summed E-state index contributed by atoms with van der Waals surface area (Å²) in [5.74, 6) is 0.926. The molecule has 2 aliphatic heterocycles. The molecule has 0 radical (unpaired) electrons. The van der Waals surface area contributed by atoms with Crippen molar-refractivity contribution < 1.29 is 24.0 Å². The molecule has 1 fully saturated rings. The number of ether oxygens (including phenoxy) is 1. The first-order chi connectivity index (χ1) is 13.7. The highest BCUT2D eigenvalue weighted by Gasteiger charge is 2.31. The molecule has 1 aromatic heterocycles. The van der Waals surface area contributed by atoms with E-state index in [1.54, 1.807) is 12.1 Å². The molecule has 2 aromatic carbocycles.